The number of rotatable bonds is 1. The van der Waals surface area contributed by atoms with Crippen LogP contribution in [0.4, 0.5) is 5.69 Å². The van der Waals surface area contributed by atoms with Crippen molar-refractivity contribution in [3.63, 3.8) is 0 Å². The molecule has 0 spiro atoms. The minimum absolute atomic E-state index is 0.0655. The molecule has 3 aliphatic rings. The Bertz CT molecular complexity index is 689. The van der Waals surface area contributed by atoms with Gasteiger partial charge in [-0.25, -0.2) is 0 Å². The van der Waals surface area contributed by atoms with Gasteiger partial charge in [0.05, 0.1) is 16.8 Å². The summed E-state index contributed by atoms with van der Waals surface area (Å²) in [6.07, 6.45) is 0. The smallest absolute Gasteiger partial charge is 0.274 e. The minimum Gasteiger partial charge on any atom is -0.285 e. The third-order valence-electron chi connectivity index (χ3n) is 4.47. The van der Waals surface area contributed by atoms with Gasteiger partial charge in [0, 0.05) is 29.2 Å². The van der Waals surface area contributed by atoms with Crippen LogP contribution in [-0.4, -0.2) is 28.7 Å². The van der Waals surface area contributed by atoms with Crippen LogP contribution < -0.4 is 0 Å². The van der Waals surface area contributed by atoms with Gasteiger partial charge in [-0.05, 0) is 5.56 Å². The average molecular weight is 290 g/mol. The molecule has 0 saturated carbocycles. The highest BCUT2D eigenvalue weighted by molar-refractivity contribution is 8.00. The zero-order chi connectivity index (χ0) is 14.2. The summed E-state index contributed by atoms with van der Waals surface area (Å²) in [5.41, 5.74) is 1.56. The number of thioether (sulfide) groups is 1. The number of benzene rings is 1. The molecule has 6 nitrogen and oxygen atoms in total. The van der Waals surface area contributed by atoms with E-state index in [0.29, 0.717) is 5.56 Å². The van der Waals surface area contributed by atoms with E-state index in [1.807, 2.05) is 6.07 Å². The van der Waals surface area contributed by atoms with Crippen LogP contribution in [0.1, 0.15) is 21.6 Å². The topological polar surface area (TPSA) is 80.5 Å². The van der Waals surface area contributed by atoms with E-state index in [-0.39, 0.29) is 33.9 Å². The second-order valence-corrected chi connectivity index (χ2v) is 6.59. The Hall–Kier alpha value is -1.89. The zero-order valence-electron chi connectivity index (χ0n) is 10.5. The summed E-state index contributed by atoms with van der Waals surface area (Å²) in [6, 6.07) is 4.96. The fourth-order valence-corrected chi connectivity index (χ4v) is 5.60. The van der Waals surface area contributed by atoms with Gasteiger partial charge in [-0.1, -0.05) is 12.1 Å². The average Bonchev–Trinajstić information content (AvgIpc) is 3.05. The highest BCUT2D eigenvalue weighted by atomic mass is 32.2. The molecule has 0 aromatic heterocycles. The van der Waals surface area contributed by atoms with Gasteiger partial charge in [0.25, 0.3) is 5.69 Å². The maximum Gasteiger partial charge on any atom is 0.274 e. The van der Waals surface area contributed by atoms with Crippen LogP contribution >= 0.6 is 11.8 Å². The number of carbonyl (C=O) groups excluding carboxylic acids is 2. The number of nitro benzene ring substituents is 1. The Labute approximate surface area is 118 Å². The number of amides is 2. The first-order valence-electron chi connectivity index (χ1n) is 6.26. The van der Waals surface area contributed by atoms with Gasteiger partial charge in [-0.3, -0.25) is 24.6 Å². The SMILES string of the molecule is CN1C(=O)[C@@H]2[C@H](C1=O)[C@H]1S[C@@H]2c2c1cccc2[N+](=O)[O-]. The lowest BCUT2D eigenvalue weighted by molar-refractivity contribution is -0.385. The third-order valence-corrected chi connectivity index (χ3v) is 6.13. The number of nitro groups is 1. The van der Waals surface area contributed by atoms with Crippen molar-refractivity contribution in [1.82, 2.24) is 4.90 Å². The van der Waals surface area contributed by atoms with Gasteiger partial charge in [0.1, 0.15) is 0 Å². The monoisotopic (exact) mass is 290 g/mol. The molecule has 0 radical (unpaired) electrons. The number of hydrogen-bond acceptors (Lipinski definition) is 5. The summed E-state index contributed by atoms with van der Waals surface area (Å²) in [4.78, 5) is 36.3. The van der Waals surface area contributed by atoms with E-state index in [1.165, 1.54) is 29.8 Å². The molecule has 0 aliphatic carbocycles. The van der Waals surface area contributed by atoms with Crippen molar-refractivity contribution < 1.29 is 14.5 Å². The van der Waals surface area contributed by atoms with Gasteiger partial charge < -0.3 is 0 Å². The number of nitrogens with zero attached hydrogens (tertiary/aromatic N) is 2. The molecule has 2 bridgehead atoms. The van der Waals surface area contributed by atoms with Gasteiger partial charge in [-0.2, -0.15) is 0 Å². The number of fused-ring (bicyclic) bond motifs is 8. The molecule has 0 unspecified atom stereocenters. The molecule has 2 fully saturated rings. The van der Waals surface area contributed by atoms with Gasteiger partial charge >= 0.3 is 0 Å². The molecule has 1 aromatic carbocycles. The Morgan fingerprint density at radius 2 is 1.85 bits per heavy atom. The minimum atomic E-state index is -0.434. The lowest BCUT2D eigenvalue weighted by atomic mass is 9.77. The van der Waals surface area contributed by atoms with Gasteiger partial charge in [-0.15, -0.1) is 11.8 Å². The maximum absolute atomic E-state index is 12.2. The van der Waals surface area contributed by atoms with E-state index in [9.17, 15) is 19.7 Å². The molecular weight excluding hydrogens is 280 g/mol. The van der Waals surface area contributed by atoms with Crippen LogP contribution in [0.15, 0.2) is 18.2 Å². The molecule has 2 saturated heterocycles. The van der Waals surface area contributed by atoms with E-state index in [1.54, 1.807) is 6.07 Å². The first-order chi connectivity index (χ1) is 9.52. The third kappa shape index (κ3) is 1.17. The number of carbonyl (C=O) groups is 2. The molecule has 7 heteroatoms. The lowest BCUT2D eigenvalue weighted by Gasteiger charge is -2.21. The summed E-state index contributed by atoms with van der Waals surface area (Å²) >= 11 is 1.52. The summed E-state index contributed by atoms with van der Waals surface area (Å²) in [6.45, 7) is 0. The van der Waals surface area contributed by atoms with Crippen molar-refractivity contribution in [3.05, 3.63) is 39.4 Å². The van der Waals surface area contributed by atoms with E-state index in [0.717, 1.165) is 5.56 Å². The standard InChI is InChI=1S/C13H10N2O4S/c1-14-12(16)8-9(13(14)17)11-7-5(10(8)20-11)3-2-4-6(7)15(18)19/h2-4,8-11H,1H3/t8-,9+,10-,11+/m0/s1. The molecule has 3 heterocycles. The molecule has 20 heavy (non-hydrogen) atoms. The maximum atomic E-state index is 12.2. The van der Waals surface area contributed by atoms with Crippen molar-refractivity contribution in [2.75, 3.05) is 7.05 Å². The van der Waals surface area contributed by atoms with Crippen LogP contribution in [0.5, 0.6) is 0 Å². The van der Waals surface area contributed by atoms with Gasteiger partial charge in [0.2, 0.25) is 11.8 Å². The predicted molar refractivity (Wildman–Crippen MR) is 70.9 cm³/mol. The highest BCUT2D eigenvalue weighted by Crippen LogP contribution is 2.69. The Balaban J connectivity index is 1.92. The van der Waals surface area contributed by atoms with Crippen LogP contribution in [-0.2, 0) is 9.59 Å². The van der Waals surface area contributed by atoms with Crippen molar-refractivity contribution in [1.29, 1.82) is 0 Å². The van der Waals surface area contributed by atoms with E-state index < -0.39 is 10.8 Å². The van der Waals surface area contributed by atoms with Crippen LogP contribution in [0, 0.1) is 22.0 Å². The van der Waals surface area contributed by atoms with E-state index in [4.69, 9.17) is 0 Å². The normalized spacial score (nSPS) is 33.5. The first kappa shape index (κ1) is 11.9. The van der Waals surface area contributed by atoms with Crippen LogP contribution in [0.25, 0.3) is 0 Å². The molecule has 102 valence electrons. The fraction of sp³-hybridized carbons (Fsp3) is 0.385. The van der Waals surface area contributed by atoms with E-state index in [2.05, 4.69) is 0 Å². The second-order valence-electron chi connectivity index (χ2n) is 5.30. The van der Waals surface area contributed by atoms with E-state index >= 15 is 0 Å². The number of likely N-dealkylation sites (tertiary alicyclic amines) is 1. The first-order valence-corrected chi connectivity index (χ1v) is 7.20. The zero-order valence-corrected chi connectivity index (χ0v) is 11.3. The molecule has 4 rings (SSSR count). The second kappa shape index (κ2) is 3.60. The summed E-state index contributed by atoms with van der Waals surface area (Å²) in [7, 11) is 1.49. The Kier molecular flexibility index (Phi) is 2.14. The molecule has 4 atom stereocenters. The van der Waals surface area contributed by atoms with Crippen molar-refractivity contribution >= 4 is 29.3 Å². The molecule has 0 N–H and O–H groups in total. The van der Waals surface area contributed by atoms with Crippen molar-refractivity contribution in [3.8, 4) is 0 Å². The molecule has 2 amide bonds. The summed E-state index contributed by atoms with van der Waals surface area (Å²) in [5.74, 6) is -1.14. The Morgan fingerprint density at radius 3 is 2.50 bits per heavy atom. The summed E-state index contributed by atoms with van der Waals surface area (Å²) < 4.78 is 0. The molecule has 1 aromatic rings. The molecular formula is C13H10N2O4S. The lowest BCUT2D eigenvalue weighted by Crippen LogP contribution is -2.27. The summed E-state index contributed by atoms with van der Waals surface area (Å²) in [5, 5.41) is 10.8. The van der Waals surface area contributed by atoms with Crippen molar-refractivity contribution in [2.45, 2.75) is 10.5 Å². The van der Waals surface area contributed by atoms with Crippen molar-refractivity contribution in [2.24, 2.45) is 11.8 Å². The number of imide groups is 1. The predicted octanol–water partition coefficient (Wildman–Crippen LogP) is 1.67. The van der Waals surface area contributed by atoms with Crippen LogP contribution in [0.3, 0.4) is 0 Å². The Morgan fingerprint density at radius 1 is 1.20 bits per heavy atom. The fourth-order valence-electron chi connectivity index (χ4n) is 3.63. The largest absolute Gasteiger partial charge is 0.285 e. The highest BCUT2D eigenvalue weighted by Gasteiger charge is 2.64. The quantitative estimate of drug-likeness (QED) is 0.446. The van der Waals surface area contributed by atoms with Crippen LogP contribution in [0.2, 0.25) is 0 Å². The van der Waals surface area contributed by atoms with Gasteiger partial charge in [0.15, 0.2) is 0 Å². The molecule has 3 aliphatic heterocycles. The number of hydrogen-bond donors (Lipinski definition) is 0.